The summed E-state index contributed by atoms with van der Waals surface area (Å²) in [6, 6.07) is 7.45. The molecular weight excluding hydrogens is 248 g/mol. The molecule has 2 aromatic rings. The quantitative estimate of drug-likeness (QED) is 0.719. The van der Waals surface area contributed by atoms with Gasteiger partial charge >= 0.3 is 11.9 Å². The molecule has 0 aliphatic heterocycles. The van der Waals surface area contributed by atoms with Crippen molar-refractivity contribution in [2.45, 2.75) is 13.1 Å². The van der Waals surface area contributed by atoms with Gasteiger partial charge in [0.15, 0.2) is 0 Å². The van der Waals surface area contributed by atoms with E-state index >= 15 is 0 Å². The van der Waals surface area contributed by atoms with Crippen LogP contribution >= 0.6 is 0 Å². The van der Waals surface area contributed by atoms with Crippen LogP contribution in [0.5, 0.6) is 0 Å². The minimum atomic E-state index is -0.922. The number of carboxylic acid groups (broad SMARTS) is 2. The maximum absolute atomic E-state index is 10.8. The van der Waals surface area contributed by atoms with Crippen LogP contribution in [0.15, 0.2) is 30.5 Å². The van der Waals surface area contributed by atoms with E-state index in [-0.39, 0.29) is 13.1 Å². The number of nitrogens with one attached hydrogen (secondary N) is 1. The zero-order chi connectivity index (χ0) is 13.8. The smallest absolute Gasteiger partial charge is 0.323 e. The SMILES string of the molecule is O=C(O)CNCc1cn(CC(=O)O)c2ccccc12. The third-order valence-electron chi connectivity index (χ3n) is 2.77. The minimum Gasteiger partial charge on any atom is -0.480 e. The van der Waals surface area contributed by atoms with Crippen LogP contribution in [-0.4, -0.2) is 33.3 Å². The van der Waals surface area contributed by atoms with Gasteiger partial charge in [0.1, 0.15) is 6.54 Å². The van der Waals surface area contributed by atoms with Crippen molar-refractivity contribution in [2.24, 2.45) is 0 Å². The Balaban J connectivity index is 2.27. The Hall–Kier alpha value is -2.34. The molecular formula is C13H14N2O4. The number of benzene rings is 1. The summed E-state index contributed by atoms with van der Waals surface area (Å²) in [7, 11) is 0. The van der Waals surface area contributed by atoms with Crippen LogP contribution in [0.3, 0.4) is 0 Å². The zero-order valence-electron chi connectivity index (χ0n) is 10.2. The lowest BCUT2D eigenvalue weighted by Gasteiger charge is -1.99. The van der Waals surface area contributed by atoms with E-state index in [2.05, 4.69) is 5.32 Å². The monoisotopic (exact) mass is 262 g/mol. The number of carboxylic acids is 2. The molecule has 0 bridgehead atoms. The van der Waals surface area contributed by atoms with E-state index in [1.165, 1.54) is 0 Å². The largest absolute Gasteiger partial charge is 0.480 e. The van der Waals surface area contributed by atoms with Crippen LogP contribution in [-0.2, 0) is 22.7 Å². The Kier molecular flexibility index (Phi) is 3.82. The fourth-order valence-electron chi connectivity index (χ4n) is 2.04. The molecule has 1 aromatic carbocycles. The molecule has 6 heteroatoms. The van der Waals surface area contributed by atoms with E-state index < -0.39 is 11.9 Å². The van der Waals surface area contributed by atoms with Crippen molar-refractivity contribution in [1.29, 1.82) is 0 Å². The van der Waals surface area contributed by atoms with Gasteiger partial charge in [-0.15, -0.1) is 0 Å². The third-order valence-corrected chi connectivity index (χ3v) is 2.77. The number of aliphatic carboxylic acids is 2. The summed E-state index contributed by atoms with van der Waals surface area (Å²) in [5.74, 6) is -1.83. The fraction of sp³-hybridized carbons (Fsp3) is 0.231. The highest BCUT2D eigenvalue weighted by atomic mass is 16.4. The average Bonchev–Trinajstić information content (AvgIpc) is 2.67. The van der Waals surface area contributed by atoms with E-state index in [1.54, 1.807) is 10.8 Å². The second kappa shape index (κ2) is 5.53. The van der Waals surface area contributed by atoms with Gasteiger partial charge in [0, 0.05) is 23.6 Å². The van der Waals surface area contributed by atoms with Gasteiger partial charge in [-0.1, -0.05) is 18.2 Å². The predicted molar refractivity (Wildman–Crippen MR) is 68.9 cm³/mol. The number of fused-ring (bicyclic) bond motifs is 1. The molecule has 1 aromatic heterocycles. The van der Waals surface area contributed by atoms with Crippen molar-refractivity contribution in [3.63, 3.8) is 0 Å². The van der Waals surface area contributed by atoms with Crippen molar-refractivity contribution in [2.75, 3.05) is 6.54 Å². The molecule has 2 rings (SSSR count). The minimum absolute atomic E-state index is 0.112. The molecule has 0 aliphatic rings. The first-order chi connectivity index (χ1) is 9.08. The first kappa shape index (κ1) is 13.1. The number of hydrogen-bond donors (Lipinski definition) is 3. The van der Waals surface area contributed by atoms with Gasteiger partial charge in [-0.05, 0) is 11.6 Å². The average molecular weight is 262 g/mol. The van der Waals surface area contributed by atoms with Crippen molar-refractivity contribution in [3.8, 4) is 0 Å². The van der Waals surface area contributed by atoms with Crippen LogP contribution in [0.2, 0.25) is 0 Å². The van der Waals surface area contributed by atoms with Crippen LogP contribution < -0.4 is 5.32 Å². The number of hydrogen-bond acceptors (Lipinski definition) is 3. The lowest BCUT2D eigenvalue weighted by molar-refractivity contribution is -0.138. The van der Waals surface area contributed by atoms with Crippen molar-refractivity contribution in [1.82, 2.24) is 9.88 Å². The Morgan fingerprint density at radius 3 is 2.58 bits per heavy atom. The standard InChI is InChI=1S/C13H14N2O4/c16-12(17)6-14-5-9-7-15(8-13(18)19)11-4-2-1-3-10(9)11/h1-4,7,14H,5-6,8H2,(H,16,17)(H,18,19). The molecule has 1 heterocycles. The number of nitrogens with zero attached hydrogens (tertiary/aromatic N) is 1. The maximum atomic E-state index is 10.8. The Morgan fingerprint density at radius 1 is 1.16 bits per heavy atom. The number of rotatable bonds is 6. The molecule has 19 heavy (non-hydrogen) atoms. The first-order valence-electron chi connectivity index (χ1n) is 5.79. The predicted octanol–water partition coefficient (Wildman–Crippen LogP) is 0.900. The molecule has 0 fully saturated rings. The normalized spacial score (nSPS) is 10.7. The molecule has 6 nitrogen and oxygen atoms in total. The topological polar surface area (TPSA) is 91.6 Å². The summed E-state index contributed by atoms with van der Waals surface area (Å²) in [6.45, 7) is 0.150. The molecule has 3 N–H and O–H groups in total. The van der Waals surface area contributed by atoms with Gasteiger partial charge in [-0.3, -0.25) is 9.59 Å². The number of para-hydroxylation sites is 1. The van der Waals surface area contributed by atoms with E-state index in [4.69, 9.17) is 10.2 Å². The molecule has 0 spiro atoms. The van der Waals surface area contributed by atoms with Crippen LogP contribution in [0, 0.1) is 0 Å². The summed E-state index contributed by atoms with van der Waals surface area (Å²) < 4.78 is 1.65. The van der Waals surface area contributed by atoms with Crippen molar-refractivity contribution in [3.05, 3.63) is 36.0 Å². The summed E-state index contributed by atoms with van der Waals surface area (Å²) in [4.78, 5) is 21.3. The third kappa shape index (κ3) is 3.11. The molecule has 0 aliphatic carbocycles. The fourth-order valence-corrected chi connectivity index (χ4v) is 2.04. The first-order valence-corrected chi connectivity index (χ1v) is 5.79. The number of carbonyl (C=O) groups is 2. The molecule has 0 radical (unpaired) electrons. The molecule has 100 valence electrons. The van der Waals surface area contributed by atoms with Gasteiger partial charge in [-0.25, -0.2) is 0 Å². The van der Waals surface area contributed by atoms with Crippen LogP contribution in [0.4, 0.5) is 0 Å². The summed E-state index contributed by atoms with van der Waals surface area (Å²) >= 11 is 0. The van der Waals surface area contributed by atoms with Crippen molar-refractivity contribution < 1.29 is 19.8 Å². The van der Waals surface area contributed by atoms with Gasteiger partial charge in [0.2, 0.25) is 0 Å². The van der Waals surface area contributed by atoms with Gasteiger partial charge < -0.3 is 20.1 Å². The second-order valence-corrected chi connectivity index (χ2v) is 4.19. The Morgan fingerprint density at radius 2 is 1.89 bits per heavy atom. The highest BCUT2D eigenvalue weighted by Crippen LogP contribution is 2.21. The van der Waals surface area contributed by atoms with Crippen LogP contribution in [0.25, 0.3) is 10.9 Å². The lowest BCUT2D eigenvalue weighted by atomic mass is 10.2. The Bertz CT molecular complexity index is 618. The molecule has 0 unspecified atom stereocenters. The van der Waals surface area contributed by atoms with Crippen molar-refractivity contribution >= 4 is 22.8 Å². The zero-order valence-corrected chi connectivity index (χ0v) is 10.2. The number of aromatic nitrogens is 1. The van der Waals surface area contributed by atoms with E-state index in [0.29, 0.717) is 6.54 Å². The highest BCUT2D eigenvalue weighted by Gasteiger charge is 2.10. The lowest BCUT2D eigenvalue weighted by Crippen LogP contribution is -2.21. The van der Waals surface area contributed by atoms with Gasteiger partial charge in [0.25, 0.3) is 0 Å². The maximum Gasteiger partial charge on any atom is 0.323 e. The van der Waals surface area contributed by atoms with Gasteiger partial charge in [0.05, 0.1) is 6.54 Å². The van der Waals surface area contributed by atoms with E-state index in [1.807, 2.05) is 24.3 Å². The summed E-state index contributed by atoms with van der Waals surface area (Å²) in [5.41, 5.74) is 1.72. The summed E-state index contributed by atoms with van der Waals surface area (Å²) in [5, 5.41) is 21.2. The Labute approximate surface area is 109 Å². The molecule has 0 saturated heterocycles. The highest BCUT2D eigenvalue weighted by molar-refractivity contribution is 5.85. The molecule has 0 amide bonds. The molecule has 0 atom stereocenters. The molecule has 0 saturated carbocycles. The van der Waals surface area contributed by atoms with Gasteiger partial charge in [-0.2, -0.15) is 0 Å². The van der Waals surface area contributed by atoms with E-state index in [9.17, 15) is 9.59 Å². The second-order valence-electron chi connectivity index (χ2n) is 4.19. The van der Waals surface area contributed by atoms with Crippen LogP contribution in [0.1, 0.15) is 5.56 Å². The van der Waals surface area contributed by atoms with E-state index in [0.717, 1.165) is 16.5 Å². The summed E-state index contributed by atoms with van der Waals surface area (Å²) in [6.07, 6.45) is 1.74.